The van der Waals surface area contributed by atoms with Crippen LogP contribution in [0.25, 0.3) is 11.0 Å². The Kier molecular flexibility index (Phi) is 5.83. The second-order valence-corrected chi connectivity index (χ2v) is 7.53. The maximum absolute atomic E-state index is 13.5. The fourth-order valence-corrected chi connectivity index (χ4v) is 4.21. The number of thiophene rings is 1. The summed E-state index contributed by atoms with van der Waals surface area (Å²) in [7, 11) is 0. The number of furan rings is 1. The predicted molar refractivity (Wildman–Crippen MR) is 109 cm³/mol. The minimum Gasteiger partial charge on any atom is -0.462 e. The van der Waals surface area contributed by atoms with Crippen molar-refractivity contribution >= 4 is 44.8 Å². The van der Waals surface area contributed by atoms with Crippen LogP contribution in [0, 0.1) is 19.7 Å². The monoisotopic (exact) mass is 417 g/mol. The van der Waals surface area contributed by atoms with Gasteiger partial charge in [0.25, 0.3) is 0 Å². The van der Waals surface area contributed by atoms with Crippen LogP contribution in [0.3, 0.4) is 0 Å². The summed E-state index contributed by atoms with van der Waals surface area (Å²) < 4.78 is 24.1. The molecule has 1 N–H and O–H groups in total. The van der Waals surface area contributed by atoms with Crippen molar-refractivity contribution in [3.63, 3.8) is 0 Å². The van der Waals surface area contributed by atoms with E-state index in [0.29, 0.717) is 32.0 Å². The van der Waals surface area contributed by atoms with E-state index in [9.17, 15) is 18.8 Å². The Morgan fingerprint density at radius 2 is 1.93 bits per heavy atom. The Labute approximate surface area is 170 Å². The van der Waals surface area contributed by atoms with E-state index in [1.807, 2.05) is 0 Å². The van der Waals surface area contributed by atoms with Gasteiger partial charge in [0, 0.05) is 10.9 Å². The van der Waals surface area contributed by atoms with Crippen molar-refractivity contribution in [3.05, 3.63) is 51.3 Å². The number of hydrogen-bond donors (Lipinski definition) is 1. The van der Waals surface area contributed by atoms with E-state index in [2.05, 4.69) is 5.32 Å². The molecule has 0 fully saturated rings. The zero-order valence-corrected chi connectivity index (χ0v) is 17.3. The summed E-state index contributed by atoms with van der Waals surface area (Å²) in [5.74, 6) is -1.38. The predicted octanol–water partition coefficient (Wildman–Crippen LogP) is 4.92. The molecule has 3 aromatic rings. The Hall–Kier alpha value is -3.00. The van der Waals surface area contributed by atoms with Gasteiger partial charge in [-0.3, -0.25) is 9.59 Å². The quantitative estimate of drug-likeness (QED) is 0.434. The minimum atomic E-state index is -0.556. The molecule has 0 radical (unpaired) electrons. The molecule has 3 rings (SSSR count). The average Bonchev–Trinajstić information content (AvgIpc) is 3.17. The van der Waals surface area contributed by atoms with Gasteiger partial charge in [-0.25, -0.2) is 9.18 Å². The lowest BCUT2D eigenvalue weighted by molar-refractivity contribution is 0.0527. The molecule has 0 aliphatic rings. The highest BCUT2D eigenvalue weighted by Crippen LogP contribution is 2.34. The van der Waals surface area contributed by atoms with Crippen molar-refractivity contribution in [2.75, 3.05) is 18.5 Å². The van der Waals surface area contributed by atoms with Gasteiger partial charge in [0.1, 0.15) is 16.4 Å². The molecule has 1 aromatic carbocycles. The van der Waals surface area contributed by atoms with Crippen LogP contribution >= 0.6 is 11.3 Å². The molecule has 0 unspecified atom stereocenters. The van der Waals surface area contributed by atoms with Crippen molar-refractivity contribution in [1.29, 1.82) is 0 Å². The highest BCUT2D eigenvalue weighted by molar-refractivity contribution is 7.18. The Morgan fingerprint density at radius 1 is 1.21 bits per heavy atom. The fraction of sp³-hybridized carbons (Fsp3) is 0.286. The van der Waals surface area contributed by atoms with Crippen LogP contribution in [0.2, 0.25) is 0 Å². The first-order valence-electron chi connectivity index (χ1n) is 9.01. The largest absolute Gasteiger partial charge is 0.462 e. The molecule has 0 saturated carbocycles. The first-order valence-corrected chi connectivity index (χ1v) is 9.83. The summed E-state index contributed by atoms with van der Waals surface area (Å²) in [6.45, 7) is 6.49. The SMILES string of the molecule is CCOC(=O)c1c(NCC(=O)c2oc3ccc(F)cc3c2C)sc(C(C)=O)c1C. The van der Waals surface area contributed by atoms with Crippen LogP contribution in [0.5, 0.6) is 0 Å². The highest BCUT2D eigenvalue weighted by atomic mass is 32.1. The zero-order valence-electron chi connectivity index (χ0n) is 16.5. The van der Waals surface area contributed by atoms with E-state index >= 15 is 0 Å². The maximum atomic E-state index is 13.5. The summed E-state index contributed by atoms with van der Waals surface area (Å²) in [6, 6.07) is 4.06. The van der Waals surface area contributed by atoms with E-state index < -0.39 is 11.8 Å². The number of ether oxygens (including phenoxy) is 1. The standard InChI is InChI=1S/C21H20FNO5S/c1-5-27-21(26)17-11(3)19(12(4)24)29-20(17)23-9-15(25)18-10(2)14-8-13(22)6-7-16(14)28-18/h6-8,23H,5,9H2,1-4H3. The number of rotatable bonds is 7. The molecule has 0 amide bonds. The summed E-state index contributed by atoms with van der Waals surface area (Å²) in [5, 5.41) is 3.85. The number of nitrogens with one attached hydrogen (secondary N) is 1. The number of carbonyl (C=O) groups excluding carboxylic acids is 3. The number of benzene rings is 1. The van der Waals surface area contributed by atoms with Crippen LogP contribution < -0.4 is 5.32 Å². The Bertz CT molecular complexity index is 1130. The van der Waals surface area contributed by atoms with Gasteiger partial charge in [0.2, 0.25) is 5.78 Å². The van der Waals surface area contributed by atoms with Crippen LogP contribution in [-0.4, -0.2) is 30.7 Å². The van der Waals surface area contributed by atoms with E-state index in [4.69, 9.17) is 9.15 Å². The van der Waals surface area contributed by atoms with Gasteiger partial charge in [-0.2, -0.15) is 0 Å². The summed E-state index contributed by atoms with van der Waals surface area (Å²) in [6.07, 6.45) is 0. The minimum absolute atomic E-state index is 0.121. The van der Waals surface area contributed by atoms with Gasteiger partial charge in [-0.05, 0) is 51.5 Å². The summed E-state index contributed by atoms with van der Waals surface area (Å²) in [4.78, 5) is 37.3. The van der Waals surface area contributed by atoms with Crippen LogP contribution in [0.4, 0.5) is 9.39 Å². The topological polar surface area (TPSA) is 85.6 Å². The molecular weight excluding hydrogens is 397 g/mol. The van der Waals surface area contributed by atoms with Crippen molar-refractivity contribution in [2.45, 2.75) is 27.7 Å². The number of hydrogen-bond acceptors (Lipinski definition) is 7. The average molecular weight is 417 g/mol. The number of anilines is 1. The number of ketones is 2. The third-order valence-electron chi connectivity index (χ3n) is 4.51. The van der Waals surface area contributed by atoms with Gasteiger partial charge in [0.15, 0.2) is 11.5 Å². The lowest BCUT2D eigenvalue weighted by Gasteiger charge is -2.07. The van der Waals surface area contributed by atoms with E-state index in [1.165, 1.54) is 25.1 Å². The van der Waals surface area contributed by atoms with Crippen LogP contribution in [-0.2, 0) is 4.74 Å². The molecule has 2 heterocycles. The molecule has 0 saturated heterocycles. The molecule has 0 bridgehead atoms. The molecular formula is C21H20FNO5S. The van der Waals surface area contributed by atoms with Gasteiger partial charge < -0.3 is 14.5 Å². The molecule has 0 atom stereocenters. The zero-order chi connectivity index (χ0) is 21.3. The number of esters is 1. The van der Waals surface area contributed by atoms with Gasteiger partial charge in [-0.15, -0.1) is 11.3 Å². The first-order chi connectivity index (χ1) is 13.7. The number of carbonyl (C=O) groups is 3. The normalized spacial score (nSPS) is 10.9. The lowest BCUT2D eigenvalue weighted by atomic mass is 10.1. The lowest BCUT2D eigenvalue weighted by Crippen LogP contribution is -2.16. The second-order valence-electron chi connectivity index (χ2n) is 6.51. The number of Topliss-reactive ketones (excluding diaryl/α,β-unsaturated/α-hetero) is 2. The van der Waals surface area contributed by atoms with E-state index in [-0.39, 0.29) is 36.0 Å². The van der Waals surface area contributed by atoms with Crippen molar-refractivity contribution in [1.82, 2.24) is 0 Å². The molecule has 2 aromatic heterocycles. The highest BCUT2D eigenvalue weighted by Gasteiger charge is 2.25. The smallest absolute Gasteiger partial charge is 0.341 e. The van der Waals surface area contributed by atoms with Crippen molar-refractivity contribution < 1.29 is 27.9 Å². The molecule has 29 heavy (non-hydrogen) atoms. The maximum Gasteiger partial charge on any atom is 0.341 e. The van der Waals surface area contributed by atoms with Crippen LogP contribution in [0.1, 0.15) is 55.6 Å². The molecule has 152 valence electrons. The third kappa shape index (κ3) is 3.93. The molecule has 0 aliphatic heterocycles. The van der Waals surface area contributed by atoms with Gasteiger partial charge in [0.05, 0.1) is 23.6 Å². The van der Waals surface area contributed by atoms with Gasteiger partial charge in [-0.1, -0.05) is 0 Å². The fourth-order valence-electron chi connectivity index (χ4n) is 3.12. The molecule has 8 heteroatoms. The van der Waals surface area contributed by atoms with Crippen molar-refractivity contribution in [3.8, 4) is 0 Å². The summed E-state index contributed by atoms with van der Waals surface area (Å²) >= 11 is 1.10. The molecule has 0 aliphatic carbocycles. The molecule has 0 spiro atoms. The number of aryl methyl sites for hydroxylation is 1. The Balaban J connectivity index is 1.88. The second kappa shape index (κ2) is 8.16. The summed E-state index contributed by atoms with van der Waals surface area (Å²) in [5.41, 5.74) is 1.73. The van der Waals surface area contributed by atoms with Crippen LogP contribution in [0.15, 0.2) is 22.6 Å². The number of halogens is 1. The Morgan fingerprint density at radius 3 is 2.59 bits per heavy atom. The first kappa shape index (κ1) is 20.7. The van der Waals surface area contributed by atoms with E-state index in [0.717, 1.165) is 11.3 Å². The third-order valence-corrected chi connectivity index (χ3v) is 5.86. The number of fused-ring (bicyclic) bond motifs is 1. The molecule has 6 nitrogen and oxygen atoms in total. The van der Waals surface area contributed by atoms with Gasteiger partial charge >= 0.3 is 5.97 Å². The van der Waals surface area contributed by atoms with Crippen molar-refractivity contribution in [2.24, 2.45) is 0 Å². The van der Waals surface area contributed by atoms with E-state index in [1.54, 1.807) is 20.8 Å².